The Kier molecular flexibility index (Phi) is 6.03. The molecule has 0 fully saturated rings. The van der Waals surface area contributed by atoms with Gasteiger partial charge in [-0.2, -0.15) is 0 Å². The second-order valence-corrected chi connectivity index (χ2v) is 4.88. The molecule has 0 saturated carbocycles. The van der Waals surface area contributed by atoms with Crippen LogP contribution in [-0.4, -0.2) is 35.1 Å². The second kappa shape index (κ2) is 7.53. The van der Waals surface area contributed by atoms with E-state index in [2.05, 4.69) is 5.32 Å². The highest BCUT2D eigenvalue weighted by atomic mass is 16.4. The lowest BCUT2D eigenvalue weighted by Crippen LogP contribution is -2.44. The molecule has 2 atom stereocenters. The van der Waals surface area contributed by atoms with Crippen molar-refractivity contribution in [3.8, 4) is 0 Å². The van der Waals surface area contributed by atoms with Crippen LogP contribution >= 0.6 is 0 Å². The molecule has 110 valence electrons. The van der Waals surface area contributed by atoms with E-state index in [1.54, 1.807) is 11.9 Å². The second-order valence-electron chi connectivity index (χ2n) is 4.88. The van der Waals surface area contributed by atoms with Crippen molar-refractivity contribution in [2.45, 2.75) is 38.8 Å². The summed E-state index contributed by atoms with van der Waals surface area (Å²) in [7, 11) is 1.71. The van der Waals surface area contributed by atoms with Crippen molar-refractivity contribution < 1.29 is 14.7 Å². The molecule has 0 heterocycles. The third-order valence-corrected chi connectivity index (χ3v) is 3.45. The molecule has 0 aliphatic carbocycles. The van der Waals surface area contributed by atoms with Gasteiger partial charge < -0.3 is 15.3 Å². The van der Waals surface area contributed by atoms with E-state index in [9.17, 15) is 9.59 Å². The molecule has 0 bridgehead atoms. The highest BCUT2D eigenvalue weighted by Gasteiger charge is 2.21. The van der Waals surface area contributed by atoms with Crippen molar-refractivity contribution in [3.05, 3.63) is 35.9 Å². The van der Waals surface area contributed by atoms with Gasteiger partial charge in [0.25, 0.3) is 0 Å². The summed E-state index contributed by atoms with van der Waals surface area (Å²) in [5, 5.41) is 11.8. The van der Waals surface area contributed by atoms with Gasteiger partial charge >= 0.3 is 12.0 Å². The van der Waals surface area contributed by atoms with E-state index in [1.807, 2.05) is 44.2 Å². The zero-order valence-electron chi connectivity index (χ0n) is 12.2. The number of carbonyl (C=O) groups is 2. The van der Waals surface area contributed by atoms with Crippen LogP contribution in [0.5, 0.6) is 0 Å². The first-order chi connectivity index (χ1) is 9.45. The highest BCUT2D eigenvalue weighted by Crippen LogP contribution is 2.17. The summed E-state index contributed by atoms with van der Waals surface area (Å²) < 4.78 is 0. The first-order valence-corrected chi connectivity index (χ1v) is 6.75. The van der Waals surface area contributed by atoms with E-state index in [1.165, 1.54) is 0 Å². The molecule has 5 heteroatoms. The number of aliphatic carboxylic acids is 1. The molecular weight excluding hydrogens is 256 g/mol. The summed E-state index contributed by atoms with van der Waals surface area (Å²) >= 11 is 0. The molecule has 2 unspecified atom stereocenters. The molecule has 20 heavy (non-hydrogen) atoms. The Morgan fingerprint density at radius 3 is 2.40 bits per heavy atom. The van der Waals surface area contributed by atoms with Crippen LogP contribution in [0, 0.1) is 0 Å². The number of rotatable bonds is 6. The smallest absolute Gasteiger partial charge is 0.317 e. The average molecular weight is 278 g/mol. The first kappa shape index (κ1) is 16.0. The predicted octanol–water partition coefficient (Wildman–Crippen LogP) is 2.64. The molecule has 1 rings (SSSR count). The summed E-state index contributed by atoms with van der Waals surface area (Å²) in [5.41, 5.74) is 0.792. The molecule has 1 aromatic carbocycles. The molecule has 0 saturated heterocycles. The summed E-state index contributed by atoms with van der Waals surface area (Å²) in [6.45, 7) is 3.95. The van der Waals surface area contributed by atoms with Gasteiger partial charge in [0, 0.05) is 13.1 Å². The Hall–Kier alpha value is -2.04. The number of hydrogen-bond acceptors (Lipinski definition) is 2. The zero-order valence-corrected chi connectivity index (χ0v) is 12.2. The van der Waals surface area contributed by atoms with Crippen molar-refractivity contribution >= 4 is 12.0 Å². The normalized spacial score (nSPS) is 13.3. The third-order valence-electron chi connectivity index (χ3n) is 3.45. The minimum absolute atomic E-state index is 0.108. The van der Waals surface area contributed by atoms with Crippen molar-refractivity contribution in [3.63, 3.8) is 0 Å². The highest BCUT2D eigenvalue weighted by molar-refractivity contribution is 5.76. The summed E-state index contributed by atoms with van der Waals surface area (Å²) in [5.74, 6) is -0.939. The number of urea groups is 1. The van der Waals surface area contributed by atoms with E-state index in [0.717, 1.165) is 12.0 Å². The molecule has 0 aliphatic rings. The van der Waals surface area contributed by atoms with Crippen molar-refractivity contribution in [1.29, 1.82) is 0 Å². The van der Waals surface area contributed by atoms with Crippen molar-refractivity contribution in [2.24, 2.45) is 0 Å². The molecule has 0 aliphatic heterocycles. The van der Waals surface area contributed by atoms with E-state index in [0.29, 0.717) is 0 Å². The van der Waals surface area contributed by atoms with Crippen LogP contribution in [0.4, 0.5) is 4.79 Å². The van der Waals surface area contributed by atoms with Crippen LogP contribution in [0.2, 0.25) is 0 Å². The topological polar surface area (TPSA) is 69.6 Å². The minimum atomic E-state index is -0.939. The summed E-state index contributed by atoms with van der Waals surface area (Å²) in [6, 6.07) is 8.48. The van der Waals surface area contributed by atoms with Gasteiger partial charge in [0.05, 0.1) is 12.5 Å². The van der Waals surface area contributed by atoms with Gasteiger partial charge in [-0.3, -0.25) is 4.79 Å². The standard InChI is InChI=1S/C15H22N2O3/c1-4-11(2)17(3)15(20)16-13(10-14(18)19)12-8-6-5-7-9-12/h5-9,11,13H,4,10H2,1-3H3,(H,16,20)(H,18,19). The number of hydrogen-bond donors (Lipinski definition) is 2. The number of carboxylic acids is 1. The van der Waals surface area contributed by atoms with E-state index >= 15 is 0 Å². The maximum atomic E-state index is 12.1. The first-order valence-electron chi connectivity index (χ1n) is 6.75. The van der Waals surface area contributed by atoms with Crippen LogP contribution in [0.3, 0.4) is 0 Å². The number of nitrogens with one attached hydrogen (secondary N) is 1. The van der Waals surface area contributed by atoms with Crippen LogP contribution in [0.25, 0.3) is 0 Å². The average Bonchev–Trinajstić information content (AvgIpc) is 2.45. The molecule has 0 aromatic heterocycles. The summed E-state index contributed by atoms with van der Waals surface area (Å²) in [4.78, 5) is 24.7. The number of amides is 2. The molecular formula is C15H22N2O3. The summed E-state index contributed by atoms with van der Waals surface area (Å²) in [6.07, 6.45) is 0.711. The molecule has 2 N–H and O–H groups in total. The van der Waals surface area contributed by atoms with Gasteiger partial charge in [0.15, 0.2) is 0 Å². The van der Waals surface area contributed by atoms with Gasteiger partial charge in [-0.15, -0.1) is 0 Å². The van der Waals surface area contributed by atoms with Gasteiger partial charge in [-0.1, -0.05) is 37.3 Å². The fourth-order valence-corrected chi connectivity index (χ4v) is 1.84. The molecule has 0 spiro atoms. The largest absolute Gasteiger partial charge is 0.481 e. The fraction of sp³-hybridized carbons (Fsp3) is 0.467. The van der Waals surface area contributed by atoms with E-state index < -0.39 is 12.0 Å². The van der Waals surface area contributed by atoms with Gasteiger partial charge in [-0.25, -0.2) is 4.79 Å². The Balaban J connectivity index is 2.80. The minimum Gasteiger partial charge on any atom is -0.481 e. The molecule has 1 aromatic rings. The number of nitrogens with zero attached hydrogens (tertiary/aromatic N) is 1. The van der Waals surface area contributed by atoms with Crippen LogP contribution in [-0.2, 0) is 4.79 Å². The van der Waals surface area contributed by atoms with Crippen LogP contribution < -0.4 is 5.32 Å². The molecule has 0 radical (unpaired) electrons. The SMILES string of the molecule is CCC(C)N(C)C(=O)NC(CC(=O)O)c1ccccc1. The van der Waals surface area contributed by atoms with Crippen molar-refractivity contribution in [2.75, 3.05) is 7.05 Å². The Morgan fingerprint density at radius 2 is 1.90 bits per heavy atom. The lowest BCUT2D eigenvalue weighted by molar-refractivity contribution is -0.137. The molecule has 5 nitrogen and oxygen atoms in total. The Morgan fingerprint density at radius 1 is 1.30 bits per heavy atom. The van der Waals surface area contributed by atoms with Gasteiger partial charge in [0.1, 0.15) is 0 Å². The van der Waals surface area contributed by atoms with Crippen LogP contribution in [0.1, 0.15) is 38.3 Å². The monoisotopic (exact) mass is 278 g/mol. The Labute approximate surface area is 119 Å². The van der Waals surface area contributed by atoms with E-state index in [4.69, 9.17) is 5.11 Å². The van der Waals surface area contributed by atoms with Gasteiger partial charge in [0.2, 0.25) is 0 Å². The number of carboxylic acid groups (broad SMARTS) is 1. The fourth-order valence-electron chi connectivity index (χ4n) is 1.84. The third kappa shape index (κ3) is 4.57. The maximum absolute atomic E-state index is 12.1. The zero-order chi connectivity index (χ0) is 15.1. The number of carbonyl (C=O) groups excluding carboxylic acids is 1. The predicted molar refractivity (Wildman–Crippen MR) is 77.5 cm³/mol. The lowest BCUT2D eigenvalue weighted by Gasteiger charge is -2.27. The lowest BCUT2D eigenvalue weighted by atomic mass is 10.0. The quantitative estimate of drug-likeness (QED) is 0.840. The van der Waals surface area contributed by atoms with E-state index in [-0.39, 0.29) is 18.5 Å². The van der Waals surface area contributed by atoms with Gasteiger partial charge in [-0.05, 0) is 18.9 Å². The van der Waals surface area contributed by atoms with Crippen molar-refractivity contribution in [1.82, 2.24) is 10.2 Å². The van der Waals surface area contributed by atoms with Crippen LogP contribution in [0.15, 0.2) is 30.3 Å². The molecule has 2 amide bonds. The Bertz CT molecular complexity index is 448. The maximum Gasteiger partial charge on any atom is 0.317 e. The number of benzene rings is 1.